The van der Waals surface area contributed by atoms with Gasteiger partial charge in [0.15, 0.2) is 0 Å². The van der Waals surface area contributed by atoms with E-state index in [1.165, 1.54) is 57.1 Å². The number of hydrogen-bond donors (Lipinski definition) is 0. The Hall–Kier alpha value is -0.650. The van der Waals surface area contributed by atoms with Crippen LogP contribution in [-0.4, -0.2) is 46.7 Å². The summed E-state index contributed by atoms with van der Waals surface area (Å²) < 4.78 is 1.16. The summed E-state index contributed by atoms with van der Waals surface area (Å²) in [5.41, 5.74) is 0.164. The van der Waals surface area contributed by atoms with Crippen molar-refractivity contribution in [2.75, 3.05) is 0 Å². The van der Waals surface area contributed by atoms with Crippen LogP contribution in [0.3, 0.4) is 0 Å². The number of nitro benzene ring substituents is 1. The van der Waals surface area contributed by atoms with E-state index in [2.05, 4.69) is 6.92 Å². The first-order valence-corrected chi connectivity index (χ1v) is 9.84. The van der Waals surface area contributed by atoms with Gasteiger partial charge in [-0.25, -0.2) is 0 Å². The van der Waals surface area contributed by atoms with Crippen molar-refractivity contribution in [1.82, 2.24) is 0 Å². The van der Waals surface area contributed by atoms with Crippen LogP contribution in [0.15, 0.2) is 24.3 Å². The number of carboxylic acids is 1. The Morgan fingerprint density at radius 1 is 0.958 bits per heavy atom. The van der Waals surface area contributed by atoms with Gasteiger partial charge in [-0.3, -0.25) is 0 Å². The first-order valence-electron chi connectivity index (χ1n) is 8.73. The van der Waals surface area contributed by atoms with Gasteiger partial charge in [0.05, 0.1) is 0 Å². The molecule has 1 aromatic carbocycles. The van der Waals surface area contributed by atoms with Crippen LogP contribution in [0.5, 0.6) is 0 Å². The predicted octanol–water partition coefficient (Wildman–Crippen LogP) is 3.05. The van der Waals surface area contributed by atoms with Gasteiger partial charge < -0.3 is 9.90 Å². The van der Waals surface area contributed by atoms with E-state index in [4.69, 9.17) is 0 Å². The van der Waals surface area contributed by atoms with Crippen molar-refractivity contribution in [3.8, 4) is 0 Å². The number of carbonyl (C=O) groups excluding carboxylic acids is 1. The average molecular weight is 361 g/mol. The normalized spacial score (nSPS) is 9.96. The van der Waals surface area contributed by atoms with Crippen LogP contribution in [-0.2, 0) is 4.79 Å². The number of nitrogens with zero attached hydrogens (tertiary/aromatic N) is 1. The third-order valence-electron chi connectivity index (χ3n) is 3.63. The molecule has 0 N–H and O–H groups in total. The summed E-state index contributed by atoms with van der Waals surface area (Å²) in [6.07, 6.45) is 11.2. The van der Waals surface area contributed by atoms with Crippen LogP contribution >= 0.6 is 0 Å². The van der Waals surface area contributed by atoms with E-state index in [0.717, 1.165) is 50.3 Å². The second-order valence-corrected chi connectivity index (χ2v) is 7.15. The molecule has 0 spiro atoms. The molecule has 0 heterocycles. The van der Waals surface area contributed by atoms with Gasteiger partial charge in [0, 0.05) is 5.97 Å². The minimum atomic E-state index is -0.909. The van der Waals surface area contributed by atoms with E-state index in [1.807, 2.05) is 0 Å². The molecule has 1 rings (SSSR count). The van der Waals surface area contributed by atoms with E-state index >= 15 is 0 Å². The summed E-state index contributed by atoms with van der Waals surface area (Å²) in [6.45, 7) is 2.22. The number of non-ortho nitro benzene ring substituents is 1. The van der Waals surface area contributed by atoms with Crippen LogP contribution in [0.4, 0.5) is 5.69 Å². The molecule has 1 aromatic rings. The molecule has 6 heteroatoms. The Labute approximate surface area is 168 Å². The van der Waals surface area contributed by atoms with Gasteiger partial charge in [0.25, 0.3) is 0 Å². The molecule has 130 valence electrons. The SMILES string of the molecule is CCCCCCCCCCCC(=O)[O-].O=[N+]([O-])c1cc[c]([Ca+])cc1. The number of carbonyl (C=O) groups is 1. The molecule has 0 fully saturated rings. The monoisotopic (exact) mass is 361 g/mol. The number of nitro groups is 1. The molecule has 0 aromatic heterocycles. The van der Waals surface area contributed by atoms with Crippen molar-refractivity contribution in [2.24, 2.45) is 0 Å². The zero-order valence-corrected chi connectivity index (χ0v) is 16.9. The third-order valence-corrected chi connectivity index (χ3v) is 4.37. The van der Waals surface area contributed by atoms with Crippen LogP contribution < -0.4 is 6.77 Å². The van der Waals surface area contributed by atoms with E-state index in [-0.39, 0.29) is 17.0 Å². The first kappa shape index (κ1) is 23.3. The molecule has 0 bridgehead atoms. The standard InChI is InChI=1S/C12H24O2.C6H4NO2.Ca/c1-2-3-4-5-6-7-8-9-10-11-12(13)14;8-7(9)6-4-2-1-3-5-6;/h2-11H2,1H3,(H,13,14);2-5H;/q;;+1/p-1. The van der Waals surface area contributed by atoms with E-state index < -0.39 is 5.97 Å². The molecule has 0 aliphatic rings. The van der Waals surface area contributed by atoms with Crippen LogP contribution in [0.25, 0.3) is 0 Å². The molecule has 24 heavy (non-hydrogen) atoms. The van der Waals surface area contributed by atoms with Gasteiger partial charge in [-0.15, -0.1) is 0 Å². The summed E-state index contributed by atoms with van der Waals surface area (Å²) >= 11 is 1.04. The van der Waals surface area contributed by atoms with Crippen molar-refractivity contribution in [3.05, 3.63) is 34.4 Å². The average Bonchev–Trinajstić information content (AvgIpc) is 2.54. The van der Waals surface area contributed by atoms with Gasteiger partial charge in [-0.05, 0) is 12.8 Å². The molecule has 0 aliphatic carbocycles. The molecule has 0 saturated heterocycles. The van der Waals surface area contributed by atoms with Gasteiger partial charge in [0.2, 0.25) is 0 Å². The van der Waals surface area contributed by atoms with Crippen LogP contribution in [0.2, 0.25) is 0 Å². The Morgan fingerprint density at radius 3 is 1.83 bits per heavy atom. The molecule has 5 nitrogen and oxygen atoms in total. The predicted molar refractivity (Wildman–Crippen MR) is 95.3 cm³/mol. The Balaban J connectivity index is 0.000000463. The van der Waals surface area contributed by atoms with Crippen molar-refractivity contribution in [2.45, 2.75) is 71.1 Å². The van der Waals surface area contributed by atoms with Crippen molar-refractivity contribution in [3.63, 3.8) is 0 Å². The number of benzene rings is 1. The maximum atomic E-state index is 10.1. The van der Waals surface area contributed by atoms with Crippen LogP contribution in [0.1, 0.15) is 71.1 Å². The van der Waals surface area contributed by atoms with Gasteiger partial charge in [-0.2, -0.15) is 0 Å². The van der Waals surface area contributed by atoms with Gasteiger partial charge in [0.1, 0.15) is 0 Å². The summed E-state index contributed by atoms with van der Waals surface area (Å²) in [6, 6.07) is 6.61. The quantitative estimate of drug-likeness (QED) is 0.262. The fourth-order valence-corrected chi connectivity index (χ4v) is 2.57. The number of unbranched alkanes of at least 4 members (excludes halogenated alkanes) is 8. The molecule has 0 aliphatic heterocycles. The summed E-state index contributed by atoms with van der Waals surface area (Å²) in [7, 11) is 0. The number of hydrogen-bond acceptors (Lipinski definition) is 4. The van der Waals surface area contributed by atoms with Crippen molar-refractivity contribution >= 4 is 49.1 Å². The van der Waals surface area contributed by atoms with E-state index in [9.17, 15) is 20.0 Å². The second kappa shape index (κ2) is 15.9. The molecular formula is C18H27CaNO4. The molecular weight excluding hydrogens is 334 g/mol. The summed E-state index contributed by atoms with van der Waals surface area (Å²) in [5.74, 6) is -0.909. The van der Waals surface area contributed by atoms with Gasteiger partial charge in [-0.1, -0.05) is 58.3 Å². The fraction of sp³-hybridized carbons (Fsp3) is 0.611. The number of aliphatic carboxylic acids is 1. The first-order chi connectivity index (χ1) is 11.5. The molecule has 0 amide bonds. The fourth-order valence-electron chi connectivity index (χ4n) is 2.20. The van der Waals surface area contributed by atoms with E-state index in [1.54, 1.807) is 12.1 Å². The topological polar surface area (TPSA) is 83.3 Å². The molecule has 0 atom stereocenters. The Bertz CT molecular complexity index is 463. The Kier molecular flexibility index (Phi) is 15.4. The third kappa shape index (κ3) is 14.9. The molecule has 0 unspecified atom stereocenters. The number of rotatable bonds is 11. The van der Waals surface area contributed by atoms with E-state index in [0.29, 0.717) is 0 Å². The van der Waals surface area contributed by atoms with Crippen molar-refractivity contribution < 1.29 is 14.8 Å². The second-order valence-electron chi connectivity index (χ2n) is 5.87. The maximum absolute atomic E-state index is 10.1. The van der Waals surface area contributed by atoms with Crippen molar-refractivity contribution in [1.29, 1.82) is 0 Å². The zero-order chi connectivity index (χ0) is 18.2. The van der Waals surface area contributed by atoms with Gasteiger partial charge >= 0.3 is 82.4 Å². The zero-order valence-electron chi connectivity index (χ0n) is 14.7. The summed E-state index contributed by atoms with van der Waals surface area (Å²) in [4.78, 5) is 19.8. The molecule has 0 saturated carbocycles. The summed E-state index contributed by atoms with van der Waals surface area (Å²) in [5, 5.41) is 20.2. The minimum absolute atomic E-state index is 0.164. The number of carboxylic acid groups (broad SMARTS) is 1. The Morgan fingerprint density at radius 2 is 1.42 bits per heavy atom. The van der Waals surface area contributed by atoms with Crippen LogP contribution in [0, 0.1) is 10.1 Å². The molecule has 0 radical (unpaired) electrons.